The highest BCUT2D eigenvalue weighted by Crippen LogP contribution is 2.22. The normalized spacial score (nSPS) is 10.8. The van der Waals surface area contributed by atoms with Gasteiger partial charge < -0.3 is 14.6 Å². The number of para-hydroxylation sites is 1. The van der Waals surface area contributed by atoms with Crippen LogP contribution in [0.2, 0.25) is 0 Å². The van der Waals surface area contributed by atoms with Gasteiger partial charge in [-0.05, 0) is 24.3 Å². The monoisotopic (exact) mass is 349 g/mol. The summed E-state index contributed by atoms with van der Waals surface area (Å²) in [4.78, 5) is 16.6. The Morgan fingerprint density at radius 3 is 3.00 bits per heavy atom. The summed E-state index contributed by atoms with van der Waals surface area (Å²) in [6.45, 7) is 1.87. The van der Waals surface area contributed by atoms with Crippen molar-refractivity contribution in [1.82, 2.24) is 20.3 Å². The molecule has 130 valence electrons. The lowest BCUT2D eigenvalue weighted by Crippen LogP contribution is -2.12. The maximum Gasteiger partial charge on any atom is 0.255 e. The van der Waals surface area contributed by atoms with Gasteiger partial charge in [-0.15, -0.1) is 0 Å². The first-order chi connectivity index (χ1) is 12.7. The van der Waals surface area contributed by atoms with E-state index in [-0.39, 0.29) is 12.5 Å². The summed E-state index contributed by atoms with van der Waals surface area (Å²) in [5.74, 6) is 1.22. The zero-order valence-corrected chi connectivity index (χ0v) is 13.9. The number of aromatic nitrogens is 4. The average Bonchev–Trinajstić information content (AvgIpc) is 3.29. The Morgan fingerprint density at radius 2 is 2.15 bits per heavy atom. The van der Waals surface area contributed by atoms with Gasteiger partial charge in [0.25, 0.3) is 5.91 Å². The van der Waals surface area contributed by atoms with Gasteiger partial charge in [-0.25, -0.2) is 0 Å². The number of rotatable bonds is 5. The molecule has 4 rings (SSSR count). The van der Waals surface area contributed by atoms with Gasteiger partial charge >= 0.3 is 0 Å². The van der Waals surface area contributed by atoms with Crippen LogP contribution < -0.4 is 10.1 Å². The van der Waals surface area contributed by atoms with Crippen molar-refractivity contribution in [3.8, 4) is 5.75 Å². The third kappa shape index (κ3) is 3.25. The fourth-order valence-electron chi connectivity index (χ4n) is 2.54. The van der Waals surface area contributed by atoms with Gasteiger partial charge in [0.2, 0.25) is 11.7 Å². The summed E-state index contributed by atoms with van der Waals surface area (Å²) < 4.78 is 10.5. The molecule has 0 aliphatic carbocycles. The van der Waals surface area contributed by atoms with E-state index in [1.54, 1.807) is 37.4 Å². The first-order valence-corrected chi connectivity index (χ1v) is 7.94. The second-order valence-electron chi connectivity index (χ2n) is 5.64. The highest BCUT2D eigenvalue weighted by molar-refractivity contribution is 6.08. The summed E-state index contributed by atoms with van der Waals surface area (Å²) in [7, 11) is 0. The van der Waals surface area contributed by atoms with E-state index in [1.807, 2.05) is 18.2 Å². The molecule has 0 spiro atoms. The van der Waals surface area contributed by atoms with E-state index in [0.29, 0.717) is 28.7 Å². The van der Waals surface area contributed by atoms with Crippen molar-refractivity contribution in [1.29, 1.82) is 0 Å². The quantitative estimate of drug-likeness (QED) is 0.573. The molecule has 8 nitrogen and oxygen atoms in total. The molecule has 0 fully saturated rings. The van der Waals surface area contributed by atoms with E-state index >= 15 is 0 Å². The molecule has 0 aliphatic heterocycles. The topological polar surface area (TPSA) is 106 Å². The number of nitrogens with zero attached hydrogens (tertiary/aromatic N) is 3. The summed E-state index contributed by atoms with van der Waals surface area (Å²) in [5, 5.41) is 14.5. The number of H-pyrrole nitrogens is 1. The number of anilines is 1. The zero-order valence-electron chi connectivity index (χ0n) is 13.9. The Balaban J connectivity index is 1.48. The average molecular weight is 349 g/mol. The molecule has 0 saturated carbocycles. The maximum absolute atomic E-state index is 12.6. The minimum absolute atomic E-state index is 0.163. The van der Waals surface area contributed by atoms with Crippen LogP contribution in [0.1, 0.15) is 22.1 Å². The van der Waals surface area contributed by atoms with Crippen molar-refractivity contribution in [2.24, 2.45) is 0 Å². The molecule has 2 heterocycles. The van der Waals surface area contributed by atoms with E-state index in [0.717, 1.165) is 10.9 Å². The van der Waals surface area contributed by atoms with Gasteiger partial charge in [0.05, 0.1) is 17.4 Å². The summed E-state index contributed by atoms with van der Waals surface area (Å²) in [6, 6.07) is 12.5. The summed E-state index contributed by atoms with van der Waals surface area (Å²) in [5.41, 5.74) is 1.92. The number of aromatic amines is 1. The zero-order chi connectivity index (χ0) is 17.9. The molecule has 0 atom stereocenters. The number of hydrogen-bond acceptors (Lipinski definition) is 6. The Labute approximate surface area is 148 Å². The van der Waals surface area contributed by atoms with Gasteiger partial charge in [0, 0.05) is 17.9 Å². The lowest BCUT2D eigenvalue weighted by atomic mass is 10.2. The standard InChI is InChI=1S/C18H15N5O3/c1-11-20-16(23-26-11)10-25-14-6-2-4-12(8-14)18(24)21-15-7-3-5-13-9-19-22-17(13)15/h2-9H,10H2,1H3,(H,19,22)(H,21,24). The van der Waals surface area contributed by atoms with Crippen LogP contribution in [-0.4, -0.2) is 26.2 Å². The smallest absolute Gasteiger partial charge is 0.255 e. The van der Waals surface area contributed by atoms with Crippen LogP contribution in [0.3, 0.4) is 0 Å². The van der Waals surface area contributed by atoms with Gasteiger partial charge in [0.1, 0.15) is 5.75 Å². The molecule has 26 heavy (non-hydrogen) atoms. The van der Waals surface area contributed by atoms with E-state index in [1.165, 1.54) is 0 Å². The van der Waals surface area contributed by atoms with Crippen LogP contribution >= 0.6 is 0 Å². The molecule has 1 amide bonds. The van der Waals surface area contributed by atoms with E-state index in [2.05, 4.69) is 25.7 Å². The number of carbonyl (C=O) groups is 1. The Hall–Kier alpha value is -3.68. The van der Waals surface area contributed by atoms with Crippen molar-refractivity contribution in [3.05, 3.63) is 65.9 Å². The molecule has 2 aromatic heterocycles. The first kappa shape index (κ1) is 15.8. The highest BCUT2D eigenvalue weighted by atomic mass is 16.5. The fraction of sp³-hybridized carbons (Fsp3) is 0.111. The van der Waals surface area contributed by atoms with Gasteiger partial charge in [-0.2, -0.15) is 10.1 Å². The largest absolute Gasteiger partial charge is 0.485 e. The molecule has 0 saturated heterocycles. The fourth-order valence-corrected chi connectivity index (χ4v) is 2.54. The molecule has 2 N–H and O–H groups in total. The third-order valence-corrected chi connectivity index (χ3v) is 3.76. The van der Waals surface area contributed by atoms with E-state index < -0.39 is 0 Å². The molecule has 0 unspecified atom stereocenters. The molecule has 0 radical (unpaired) electrons. The molecule has 0 bridgehead atoms. The minimum Gasteiger partial charge on any atom is -0.485 e. The Morgan fingerprint density at radius 1 is 1.27 bits per heavy atom. The number of carbonyl (C=O) groups excluding carboxylic acids is 1. The van der Waals surface area contributed by atoms with Crippen molar-refractivity contribution in [2.75, 3.05) is 5.32 Å². The third-order valence-electron chi connectivity index (χ3n) is 3.76. The number of amides is 1. The Bertz CT molecular complexity index is 1070. The number of fused-ring (bicyclic) bond motifs is 1. The molecule has 4 aromatic rings. The Kier molecular flexibility index (Phi) is 4.06. The lowest BCUT2D eigenvalue weighted by Gasteiger charge is -2.08. The molecular formula is C18H15N5O3. The predicted molar refractivity (Wildman–Crippen MR) is 93.9 cm³/mol. The molecule has 0 aliphatic rings. The van der Waals surface area contributed by atoms with E-state index in [4.69, 9.17) is 9.26 Å². The van der Waals surface area contributed by atoms with E-state index in [9.17, 15) is 4.79 Å². The second kappa shape index (κ2) is 6.67. The maximum atomic E-state index is 12.6. The summed E-state index contributed by atoms with van der Waals surface area (Å²) >= 11 is 0. The lowest BCUT2D eigenvalue weighted by molar-refractivity contribution is 0.102. The second-order valence-corrected chi connectivity index (χ2v) is 5.64. The van der Waals surface area contributed by atoms with Crippen LogP contribution in [0.4, 0.5) is 5.69 Å². The van der Waals surface area contributed by atoms with Gasteiger partial charge in [-0.1, -0.05) is 23.4 Å². The van der Waals surface area contributed by atoms with Crippen LogP contribution in [0.5, 0.6) is 5.75 Å². The molecular weight excluding hydrogens is 334 g/mol. The van der Waals surface area contributed by atoms with Gasteiger partial charge in [-0.3, -0.25) is 9.89 Å². The molecule has 8 heteroatoms. The van der Waals surface area contributed by atoms with Crippen LogP contribution in [0.15, 0.2) is 53.2 Å². The number of hydrogen-bond donors (Lipinski definition) is 2. The van der Waals surface area contributed by atoms with Gasteiger partial charge in [0.15, 0.2) is 6.61 Å². The number of nitrogens with one attached hydrogen (secondary N) is 2. The first-order valence-electron chi connectivity index (χ1n) is 7.94. The molecule has 2 aromatic carbocycles. The minimum atomic E-state index is -0.243. The van der Waals surface area contributed by atoms with Crippen molar-refractivity contribution >= 4 is 22.5 Å². The highest BCUT2D eigenvalue weighted by Gasteiger charge is 2.11. The predicted octanol–water partition coefficient (Wildman–Crippen LogP) is 3.09. The number of benzene rings is 2. The number of ether oxygens (including phenoxy) is 1. The van der Waals surface area contributed by atoms with Crippen molar-refractivity contribution in [2.45, 2.75) is 13.5 Å². The van der Waals surface area contributed by atoms with Crippen LogP contribution in [0.25, 0.3) is 10.9 Å². The number of aryl methyl sites for hydroxylation is 1. The SMILES string of the molecule is Cc1nc(COc2cccc(C(=O)Nc3cccc4cn[nH]c34)c2)no1. The van der Waals surface area contributed by atoms with Crippen molar-refractivity contribution < 1.29 is 14.1 Å². The van der Waals surface area contributed by atoms with Crippen LogP contribution in [-0.2, 0) is 6.61 Å². The van der Waals surface area contributed by atoms with Crippen LogP contribution in [0, 0.1) is 6.92 Å². The van der Waals surface area contributed by atoms with Crippen molar-refractivity contribution in [3.63, 3.8) is 0 Å². The summed E-state index contributed by atoms with van der Waals surface area (Å²) in [6.07, 6.45) is 1.71.